The quantitative estimate of drug-likeness (QED) is 0.613. The molecule has 2 aromatic rings. The summed E-state index contributed by atoms with van der Waals surface area (Å²) >= 11 is 1.92. The van der Waals surface area contributed by atoms with Gasteiger partial charge in [-0.1, -0.05) is 27.7 Å². The van der Waals surface area contributed by atoms with Gasteiger partial charge in [0, 0.05) is 17.1 Å². The molecule has 3 nitrogen and oxygen atoms in total. The van der Waals surface area contributed by atoms with Crippen molar-refractivity contribution in [3.05, 3.63) is 46.3 Å². The first kappa shape index (κ1) is 19.0. The molecule has 3 rings (SSSR count). The van der Waals surface area contributed by atoms with Crippen molar-refractivity contribution in [3.8, 4) is 0 Å². The van der Waals surface area contributed by atoms with Gasteiger partial charge in [0.05, 0.1) is 17.7 Å². The minimum absolute atomic E-state index is 0.230. The maximum absolute atomic E-state index is 11.7. The third kappa shape index (κ3) is 3.27. The van der Waals surface area contributed by atoms with Gasteiger partial charge in [-0.15, -0.1) is 11.3 Å². The first-order valence-corrected chi connectivity index (χ1v) is 10.1. The van der Waals surface area contributed by atoms with E-state index in [1.165, 1.54) is 35.4 Å². The van der Waals surface area contributed by atoms with Gasteiger partial charge in [0.2, 0.25) is 0 Å². The van der Waals surface area contributed by atoms with Crippen LogP contribution < -0.4 is 4.90 Å². The van der Waals surface area contributed by atoms with Crippen molar-refractivity contribution in [2.24, 2.45) is 0 Å². The highest BCUT2D eigenvalue weighted by molar-refractivity contribution is 7.16. The lowest BCUT2D eigenvalue weighted by Crippen LogP contribution is -2.31. The highest BCUT2D eigenvalue weighted by atomic mass is 32.1. The Morgan fingerprint density at radius 3 is 2.27 bits per heavy atom. The molecular formula is C22H29NO2S. The highest BCUT2D eigenvalue weighted by Gasteiger charge is 2.39. The molecule has 0 unspecified atom stereocenters. The maximum atomic E-state index is 11.7. The van der Waals surface area contributed by atoms with Gasteiger partial charge >= 0.3 is 5.97 Å². The molecule has 0 fully saturated rings. The molecule has 0 aliphatic heterocycles. The molecule has 140 valence electrons. The number of benzene rings is 1. The second-order valence-corrected chi connectivity index (χ2v) is 9.41. The van der Waals surface area contributed by atoms with E-state index in [0.717, 1.165) is 12.2 Å². The second-order valence-electron chi connectivity index (χ2n) is 8.38. The lowest BCUT2D eigenvalue weighted by Gasteiger charge is -2.39. The average Bonchev–Trinajstić information content (AvgIpc) is 3.07. The molecule has 0 saturated heterocycles. The van der Waals surface area contributed by atoms with Crippen LogP contribution in [-0.4, -0.2) is 19.6 Å². The molecular weight excluding hydrogens is 342 g/mol. The molecule has 1 aliphatic carbocycles. The molecule has 1 aromatic carbocycles. The molecule has 0 saturated carbocycles. The van der Waals surface area contributed by atoms with E-state index in [1.54, 1.807) is 0 Å². The van der Waals surface area contributed by atoms with E-state index < -0.39 is 0 Å². The van der Waals surface area contributed by atoms with Crippen molar-refractivity contribution in [1.82, 2.24) is 0 Å². The first-order chi connectivity index (χ1) is 12.2. The van der Waals surface area contributed by atoms with Gasteiger partial charge < -0.3 is 9.64 Å². The van der Waals surface area contributed by atoms with Gasteiger partial charge in [0.15, 0.2) is 0 Å². The van der Waals surface area contributed by atoms with E-state index in [4.69, 9.17) is 4.74 Å². The Bertz CT molecular complexity index is 769. The minimum atomic E-state index is -0.297. The van der Waals surface area contributed by atoms with Gasteiger partial charge in [0.25, 0.3) is 0 Å². The molecule has 1 aromatic heterocycles. The molecule has 0 atom stereocenters. The molecule has 1 heterocycles. The lowest BCUT2D eigenvalue weighted by atomic mass is 9.67. The van der Waals surface area contributed by atoms with Crippen LogP contribution in [0.5, 0.6) is 0 Å². The molecule has 1 aliphatic rings. The third-order valence-electron chi connectivity index (χ3n) is 5.62. The van der Waals surface area contributed by atoms with Crippen LogP contribution in [0.3, 0.4) is 0 Å². The summed E-state index contributed by atoms with van der Waals surface area (Å²) in [6, 6.07) is 10.1. The van der Waals surface area contributed by atoms with Crippen molar-refractivity contribution >= 4 is 28.0 Å². The van der Waals surface area contributed by atoms with E-state index in [1.807, 2.05) is 35.6 Å². The molecule has 4 heteroatoms. The van der Waals surface area contributed by atoms with Crippen LogP contribution in [0, 0.1) is 0 Å². The highest BCUT2D eigenvalue weighted by Crippen LogP contribution is 2.51. The zero-order valence-corrected chi connectivity index (χ0v) is 17.5. The zero-order chi connectivity index (χ0) is 19.1. The number of esters is 1. The standard InChI is InChI=1S/C22H29NO2S/c1-7-23(16-10-8-15(9-11-16)20(24)25-6)18-14-17-19(26-18)22(4,5)13-12-21(17,2)3/h8-11,14H,7,12-13H2,1-6H3. The topological polar surface area (TPSA) is 29.5 Å². The number of thiophene rings is 1. The molecule has 0 spiro atoms. The van der Waals surface area contributed by atoms with Crippen LogP contribution in [-0.2, 0) is 15.6 Å². The predicted molar refractivity (Wildman–Crippen MR) is 110 cm³/mol. The third-order valence-corrected chi connectivity index (χ3v) is 7.14. The Morgan fingerprint density at radius 1 is 1.12 bits per heavy atom. The summed E-state index contributed by atoms with van der Waals surface area (Å²) in [6.07, 6.45) is 2.45. The lowest BCUT2D eigenvalue weighted by molar-refractivity contribution is 0.0601. The largest absolute Gasteiger partial charge is 0.465 e. The van der Waals surface area contributed by atoms with Crippen molar-refractivity contribution in [2.75, 3.05) is 18.6 Å². The normalized spacial score (nSPS) is 17.5. The Balaban J connectivity index is 1.99. The van der Waals surface area contributed by atoms with Crippen LogP contribution in [0.15, 0.2) is 30.3 Å². The van der Waals surface area contributed by atoms with Gasteiger partial charge in [-0.05, 0) is 66.5 Å². The van der Waals surface area contributed by atoms with E-state index in [2.05, 4.69) is 45.6 Å². The molecule has 0 bridgehead atoms. The second kappa shape index (κ2) is 6.73. The van der Waals surface area contributed by atoms with Crippen molar-refractivity contribution in [2.45, 2.75) is 58.3 Å². The van der Waals surface area contributed by atoms with Crippen LogP contribution in [0.1, 0.15) is 68.3 Å². The number of anilines is 2. The SMILES string of the molecule is CCN(c1ccc(C(=O)OC)cc1)c1cc2c(s1)C(C)(C)CCC2(C)C. The van der Waals surface area contributed by atoms with Crippen molar-refractivity contribution in [1.29, 1.82) is 0 Å². The van der Waals surface area contributed by atoms with Crippen LogP contribution in [0.2, 0.25) is 0 Å². The Labute approximate surface area is 161 Å². The summed E-state index contributed by atoms with van der Waals surface area (Å²) in [4.78, 5) is 15.5. The smallest absolute Gasteiger partial charge is 0.337 e. The monoisotopic (exact) mass is 371 g/mol. The van der Waals surface area contributed by atoms with E-state index in [9.17, 15) is 4.79 Å². The van der Waals surface area contributed by atoms with Gasteiger partial charge in [-0.2, -0.15) is 0 Å². The summed E-state index contributed by atoms with van der Waals surface area (Å²) in [5, 5.41) is 1.28. The van der Waals surface area contributed by atoms with E-state index in [-0.39, 0.29) is 16.8 Å². The fourth-order valence-electron chi connectivity index (χ4n) is 3.75. The van der Waals surface area contributed by atoms with Crippen molar-refractivity contribution in [3.63, 3.8) is 0 Å². The fourth-order valence-corrected chi connectivity index (χ4v) is 5.30. The summed E-state index contributed by atoms with van der Waals surface area (Å²) in [6.45, 7) is 12.5. The number of nitrogens with zero attached hydrogens (tertiary/aromatic N) is 1. The maximum Gasteiger partial charge on any atom is 0.337 e. The molecule has 26 heavy (non-hydrogen) atoms. The number of methoxy groups -OCH3 is 1. The Kier molecular flexibility index (Phi) is 4.91. The minimum Gasteiger partial charge on any atom is -0.465 e. The Morgan fingerprint density at radius 2 is 1.73 bits per heavy atom. The van der Waals surface area contributed by atoms with Gasteiger partial charge in [-0.25, -0.2) is 4.79 Å². The van der Waals surface area contributed by atoms with Crippen LogP contribution >= 0.6 is 11.3 Å². The number of fused-ring (bicyclic) bond motifs is 1. The van der Waals surface area contributed by atoms with E-state index >= 15 is 0 Å². The van der Waals surface area contributed by atoms with Gasteiger partial charge in [-0.3, -0.25) is 0 Å². The predicted octanol–water partition coefficient (Wildman–Crippen LogP) is 6.04. The zero-order valence-electron chi connectivity index (χ0n) is 16.7. The molecule has 0 amide bonds. The number of ether oxygens (including phenoxy) is 1. The number of hydrogen-bond donors (Lipinski definition) is 0. The average molecular weight is 372 g/mol. The summed E-state index contributed by atoms with van der Waals surface area (Å²) in [7, 11) is 1.41. The van der Waals surface area contributed by atoms with Crippen molar-refractivity contribution < 1.29 is 9.53 Å². The number of carbonyl (C=O) groups excluding carboxylic acids is 1. The summed E-state index contributed by atoms with van der Waals surface area (Å²) in [5.41, 5.74) is 3.66. The van der Waals surface area contributed by atoms with E-state index in [0.29, 0.717) is 5.56 Å². The van der Waals surface area contributed by atoms with Crippen LogP contribution in [0.4, 0.5) is 10.7 Å². The fraction of sp³-hybridized carbons (Fsp3) is 0.500. The molecule has 0 radical (unpaired) electrons. The number of carbonyl (C=O) groups is 1. The first-order valence-electron chi connectivity index (χ1n) is 9.30. The number of hydrogen-bond acceptors (Lipinski definition) is 4. The summed E-state index contributed by atoms with van der Waals surface area (Å²) < 4.78 is 4.80. The molecule has 0 N–H and O–H groups in total. The summed E-state index contributed by atoms with van der Waals surface area (Å²) in [5.74, 6) is -0.297. The van der Waals surface area contributed by atoms with Gasteiger partial charge in [0.1, 0.15) is 0 Å². The van der Waals surface area contributed by atoms with Crippen LogP contribution in [0.25, 0.3) is 0 Å². The Hall–Kier alpha value is -1.81. The number of rotatable bonds is 4.